The molecule has 0 aliphatic heterocycles. The number of hydrogen-bond acceptors (Lipinski definition) is 3. The Morgan fingerprint density at radius 3 is 2.67 bits per heavy atom. The second kappa shape index (κ2) is 5.50. The lowest BCUT2D eigenvalue weighted by molar-refractivity contribution is 0.412. The highest BCUT2D eigenvalue weighted by Crippen LogP contribution is 2.26. The minimum Gasteiger partial charge on any atom is -0.495 e. The van der Waals surface area contributed by atoms with Crippen molar-refractivity contribution in [2.45, 2.75) is 13.0 Å². The van der Waals surface area contributed by atoms with E-state index >= 15 is 0 Å². The zero-order valence-electron chi connectivity index (χ0n) is 10.4. The van der Waals surface area contributed by atoms with Crippen molar-refractivity contribution in [2.24, 2.45) is 5.73 Å². The topological polar surface area (TPSA) is 48.1 Å². The average molecular weight is 307 g/mol. The number of benzene rings is 1. The number of nitrogens with zero attached hydrogens (tertiary/aromatic N) is 1. The highest BCUT2D eigenvalue weighted by Gasteiger charge is 2.11. The number of methoxy groups -OCH3 is 1. The number of ether oxygens (including phenoxy) is 1. The standard InChI is InChI=1S/C14H15BrN2O/c1-9-3-4-10(6-13(9)15)14(16)11-5-12(18-2)8-17-7-11/h3-8,14H,16H2,1-2H3. The van der Waals surface area contributed by atoms with Gasteiger partial charge in [-0.05, 0) is 35.7 Å². The van der Waals surface area contributed by atoms with Crippen molar-refractivity contribution in [3.8, 4) is 5.75 Å². The van der Waals surface area contributed by atoms with Gasteiger partial charge in [0.05, 0.1) is 19.3 Å². The zero-order valence-corrected chi connectivity index (χ0v) is 11.9. The van der Waals surface area contributed by atoms with Crippen LogP contribution in [-0.2, 0) is 0 Å². The molecule has 4 heteroatoms. The maximum absolute atomic E-state index is 6.24. The summed E-state index contributed by atoms with van der Waals surface area (Å²) in [5.74, 6) is 0.717. The van der Waals surface area contributed by atoms with E-state index in [1.807, 2.05) is 31.2 Å². The Hall–Kier alpha value is -1.39. The van der Waals surface area contributed by atoms with Gasteiger partial charge in [-0.3, -0.25) is 4.98 Å². The molecule has 1 heterocycles. The molecule has 3 nitrogen and oxygen atoms in total. The van der Waals surface area contributed by atoms with Crippen molar-refractivity contribution in [3.63, 3.8) is 0 Å². The predicted octanol–water partition coefficient (Wildman–Crippen LogP) is 3.21. The second-order valence-corrected chi connectivity index (χ2v) is 5.00. The van der Waals surface area contributed by atoms with Crippen LogP contribution >= 0.6 is 15.9 Å². The maximum Gasteiger partial charge on any atom is 0.137 e. The van der Waals surface area contributed by atoms with Crippen molar-refractivity contribution < 1.29 is 4.74 Å². The highest BCUT2D eigenvalue weighted by atomic mass is 79.9. The number of aromatic nitrogens is 1. The van der Waals surface area contributed by atoms with E-state index in [0.717, 1.165) is 15.6 Å². The number of hydrogen-bond donors (Lipinski definition) is 1. The fourth-order valence-corrected chi connectivity index (χ4v) is 2.11. The minimum absolute atomic E-state index is 0.204. The molecule has 2 rings (SSSR count). The summed E-state index contributed by atoms with van der Waals surface area (Å²) in [6.07, 6.45) is 3.43. The molecule has 0 radical (unpaired) electrons. The third-order valence-corrected chi connectivity index (χ3v) is 3.74. The van der Waals surface area contributed by atoms with Crippen LogP contribution < -0.4 is 10.5 Å². The first-order valence-electron chi connectivity index (χ1n) is 5.62. The van der Waals surface area contributed by atoms with E-state index in [0.29, 0.717) is 5.75 Å². The predicted molar refractivity (Wildman–Crippen MR) is 75.7 cm³/mol. The molecule has 0 amide bonds. The summed E-state index contributed by atoms with van der Waals surface area (Å²) < 4.78 is 6.22. The third kappa shape index (κ3) is 2.71. The largest absolute Gasteiger partial charge is 0.495 e. The summed E-state index contributed by atoms with van der Waals surface area (Å²) in [5.41, 5.74) is 9.41. The monoisotopic (exact) mass is 306 g/mol. The average Bonchev–Trinajstić information content (AvgIpc) is 2.41. The van der Waals surface area contributed by atoms with Crippen LogP contribution in [0.2, 0.25) is 0 Å². The smallest absolute Gasteiger partial charge is 0.137 e. The fourth-order valence-electron chi connectivity index (χ4n) is 1.71. The lowest BCUT2D eigenvalue weighted by Crippen LogP contribution is -2.12. The number of halogens is 1. The quantitative estimate of drug-likeness (QED) is 0.947. The van der Waals surface area contributed by atoms with Gasteiger partial charge >= 0.3 is 0 Å². The van der Waals surface area contributed by atoms with Gasteiger partial charge in [-0.15, -0.1) is 0 Å². The van der Waals surface area contributed by atoms with Crippen LogP contribution in [-0.4, -0.2) is 12.1 Å². The summed E-state index contributed by atoms with van der Waals surface area (Å²) in [4.78, 5) is 4.13. The van der Waals surface area contributed by atoms with Crippen molar-refractivity contribution >= 4 is 15.9 Å². The SMILES string of the molecule is COc1cncc(C(N)c2ccc(C)c(Br)c2)c1. The number of pyridine rings is 1. The van der Waals surface area contributed by atoms with E-state index in [2.05, 4.69) is 20.9 Å². The Labute approximate surface area is 115 Å². The summed E-state index contributed by atoms with van der Waals surface area (Å²) in [7, 11) is 1.62. The molecule has 0 bridgehead atoms. The molecule has 2 N–H and O–H groups in total. The first kappa shape index (κ1) is 13.1. The van der Waals surface area contributed by atoms with Gasteiger partial charge in [0.2, 0.25) is 0 Å². The van der Waals surface area contributed by atoms with Crippen LogP contribution in [0, 0.1) is 6.92 Å². The molecule has 0 aliphatic carbocycles. The van der Waals surface area contributed by atoms with E-state index in [1.165, 1.54) is 5.56 Å². The molecule has 0 spiro atoms. The Bertz CT molecular complexity index is 557. The van der Waals surface area contributed by atoms with Gasteiger partial charge in [0.15, 0.2) is 0 Å². The first-order chi connectivity index (χ1) is 8.61. The number of rotatable bonds is 3. The van der Waals surface area contributed by atoms with Gasteiger partial charge < -0.3 is 10.5 Å². The van der Waals surface area contributed by atoms with Crippen LogP contribution in [0.4, 0.5) is 0 Å². The van der Waals surface area contributed by atoms with E-state index < -0.39 is 0 Å². The summed E-state index contributed by atoms with van der Waals surface area (Å²) in [5, 5.41) is 0. The first-order valence-corrected chi connectivity index (χ1v) is 6.41. The van der Waals surface area contributed by atoms with E-state index in [4.69, 9.17) is 10.5 Å². The molecule has 0 aliphatic rings. The van der Waals surface area contributed by atoms with Crippen LogP contribution in [0.3, 0.4) is 0 Å². The van der Waals surface area contributed by atoms with Crippen molar-refractivity contribution in [2.75, 3.05) is 7.11 Å². The molecule has 0 fully saturated rings. The van der Waals surface area contributed by atoms with Crippen LogP contribution in [0.1, 0.15) is 22.7 Å². The van der Waals surface area contributed by atoms with E-state index in [-0.39, 0.29) is 6.04 Å². The number of nitrogens with two attached hydrogens (primary N) is 1. The molecule has 1 atom stereocenters. The molecular weight excluding hydrogens is 292 g/mol. The van der Waals surface area contributed by atoms with E-state index in [9.17, 15) is 0 Å². The molecule has 1 aromatic heterocycles. The Morgan fingerprint density at radius 1 is 1.22 bits per heavy atom. The lowest BCUT2D eigenvalue weighted by Gasteiger charge is -2.14. The molecular formula is C14H15BrN2O. The Balaban J connectivity index is 2.34. The van der Waals surface area contributed by atoms with E-state index in [1.54, 1.807) is 19.5 Å². The van der Waals surface area contributed by atoms with Crippen LogP contribution in [0.5, 0.6) is 5.75 Å². The van der Waals surface area contributed by atoms with Crippen LogP contribution in [0.15, 0.2) is 41.1 Å². The zero-order chi connectivity index (χ0) is 13.1. The van der Waals surface area contributed by atoms with Crippen molar-refractivity contribution in [1.29, 1.82) is 0 Å². The summed E-state index contributed by atoms with van der Waals surface area (Å²) in [6.45, 7) is 2.05. The van der Waals surface area contributed by atoms with Crippen LogP contribution in [0.25, 0.3) is 0 Å². The minimum atomic E-state index is -0.204. The Morgan fingerprint density at radius 2 is 2.00 bits per heavy atom. The Kier molecular flexibility index (Phi) is 3.99. The van der Waals surface area contributed by atoms with Crippen molar-refractivity contribution in [3.05, 3.63) is 57.8 Å². The lowest BCUT2D eigenvalue weighted by atomic mass is 10.00. The van der Waals surface area contributed by atoms with Gasteiger partial charge in [-0.2, -0.15) is 0 Å². The summed E-state index contributed by atoms with van der Waals surface area (Å²) >= 11 is 3.52. The molecule has 2 aromatic rings. The molecule has 1 aromatic carbocycles. The molecule has 0 saturated carbocycles. The van der Waals surface area contributed by atoms with Gasteiger partial charge in [0, 0.05) is 10.7 Å². The van der Waals surface area contributed by atoms with Gasteiger partial charge in [-0.25, -0.2) is 0 Å². The van der Waals surface area contributed by atoms with Gasteiger partial charge in [0.1, 0.15) is 5.75 Å². The molecule has 1 unspecified atom stereocenters. The molecule has 0 saturated heterocycles. The summed E-state index contributed by atoms with van der Waals surface area (Å²) in [6, 6.07) is 7.83. The second-order valence-electron chi connectivity index (χ2n) is 4.14. The third-order valence-electron chi connectivity index (χ3n) is 2.88. The molecule has 18 heavy (non-hydrogen) atoms. The fraction of sp³-hybridized carbons (Fsp3) is 0.214. The normalized spacial score (nSPS) is 12.2. The highest BCUT2D eigenvalue weighted by molar-refractivity contribution is 9.10. The molecule has 94 valence electrons. The maximum atomic E-state index is 6.24. The van der Waals surface area contributed by atoms with Gasteiger partial charge in [-0.1, -0.05) is 28.1 Å². The number of aryl methyl sites for hydroxylation is 1. The van der Waals surface area contributed by atoms with Gasteiger partial charge in [0.25, 0.3) is 0 Å². The van der Waals surface area contributed by atoms with Crippen molar-refractivity contribution in [1.82, 2.24) is 4.98 Å².